The fourth-order valence-corrected chi connectivity index (χ4v) is 6.67. The summed E-state index contributed by atoms with van der Waals surface area (Å²) in [7, 11) is 1.95. The predicted molar refractivity (Wildman–Crippen MR) is 125 cm³/mol. The lowest BCUT2D eigenvalue weighted by Crippen LogP contribution is -2.37. The van der Waals surface area contributed by atoms with Gasteiger partial charge in [-0.1, -0.05) is 38.6 Å². The average Bonchev–Trinajstić information content (AvgIpc) is 3.32. The highest BCUT2D eigenvalue weighted by Gasteiger charge is 2.62. The number of carbonyl (C=O) groups is 1. The molecule has 5 nitrogen and oxygen atoms in total. The van der Waals surface area contributed by atoms with Gasteiger partial charge in [0.2, 0.25) is 6.41 Å². The van der Waals surface area contributed by atoms with Gasteiger partial charge in [0.25, 0.3) is 0 Å². The summed E-state index contributed by atoms with van der Waals surface area (Å²) in [6, 6.07) is 6.84. The van der Waals surface area contributed by atoms with Crippen LogP contribution in [0.2, 0.25) is 0 Å². The number of amides is 1. The van der Waals surface area contributed by atoms with E-state index in [2.05, 4.69) is 50.3 Å². The van der Waals surface area contributed by atoms with Crippen LogP contribution in [-0.2, 0) is 11.8 Å². The van der Waals surface area contributed by atoms with E-state index in [1.54, 1.807) is 11.8 Å². The van der Waals surface area contributed by atoms with Crippen molar-refractivity contribution in [2.24, 2.45) is 28.8 Å². The smallest absolute Gasteiger partial charge is 0.209 e. The molecule has 0 radical (unpaired) electrons. The third-order valence-corrected chi connectivity index (χ3v) is 8.17. The molecule has 2 aromatic rings. The average molecular weight is 437 g/mol. The summed E-state index contributed by atoms with van der Waals surface area (Å²) in [6.45, 7) is 8.76. The Labute approximate surface area is 189 Å². The Morgan fingerprint density at radius 2 is 2.00 bits per heavy atom. The zero-order chi connectivity index (χ0) is 21.8. The molecule has 1 aromatic carbocycles. The molecule has 1 amide bonds. The molecule has 1 aromatic heterocycles. The summed E-state index contributed by atoms with van der Waals surface area (Å²) in [4.78, 5) is 20.7. The monoisotopic (exact) mass is 436 g/mol. The second-order valence-corrected chi connectivity index (χ2v) is 11.7. The Kier molecular flexibility index (Phi) is 5.04. The lowest BCUT2D eigenvalue weighted by Gasteiger charge is -2.37. The van der Waals surface area contributed by atoms with Crippen LogP contribution >= 0.6 is 11.8 Å². The number of nitrogens with zero attached hydrogens (tertiary/aromatic N) is 4. The number of hydrogen-bond acceptors (Lipinski definition) is 4. The van der Waals surface area contributed by atoms with E-state index in [1.807, 2.05) is 22.8 Å². The molecule has 5 rings (SSSR count). The lowest BCUT2D eigenvalue weighted by atomic mass is 9.71. The number of likely N-dealkylation sites (tertiary alicyclic amines) is 1. The van der Waals surface area contributed by atoms with Crippen LogP contribution in [0, 0.1) is 16.7 Å². The molecule has 2 aliphatic heterocycles. The van der Waals surface area contributed by atoms with E-state index in [4.69, 9.17) is 4.99 Å². The van der Waals surface area contributed by atoms with Crippen molar-refractivity contribution < 1.29 is 4.79 Å². The minimum Gasteiger partial charge on any atom is -0.345 e. The Balaban J connectivity index is 1.42. The number of aryl methyl sites for hydroxylation is 1. The van der Waals surface area contributed by atoms with Gasteiger partial charge in [0.05, 0.1) is 16.8 Å². The molecule has 164 valence electrons. The van der Waals surface area contributed by atoms with Crippen LogP contribution in [0.4, 0.5) is 5.69 Å². The van der Waals surface area contributed by atoms with Crippen LogP contribution in [0.25, 0.3) is 0 Å². The SMILES string of the molecule is Cn1cc(Sc2ccc3c(c2)N=C(C(C)(C)C)C2(CC4CCN(C=O)CC4)CC32)cn1. The minimum atomic E-state index is 0.0580. The Bertz CT molecular complexity index is 1030. The van der Waals surface area contributed by atoms with Gasteiger partial charge in [-0.05, 0) is 55.2 Å². The summed E-state index contributed by atoms with van der Waals surface area (Å²) < 4.78 is 1.84. The van der Waals surface area contributed by atoms with Gasteiger partial charge in [-0.25, -0.2) is 0 Å². The van der Waals surface area contributed by atoms with E-state index in [-0.39, 0.29) is 10.8 Å². The molecule has 2 atom stereocenters. The molecule has 1 saturated carbocycles. The molecule has 3 aliphatic rings. The molecular weight excluding hydrogens is 404 g/mol. The number of carbonyl (C=O) groups excluding carboxylic acids is 1. The van der Waals surface area contributed by atoms with Crippen LogP contribution < -0.4 is 0 Å². The van der Waals surface area contributed by atoms with Crippen molar-refractivity contribution in [1.82, 2.24) is 14.7 Å². The van der Waals surface area contributed by atoms with E-state index in [1.165, 1.54) is 29.0 Å². The van der Waals surface area contributed by atoms with Crippen molar-refractivity contribution in [3.63, 3.8) is 0 Å². The molecule has 1 aliphatic carbocycles. The number of benzene rings is 1. The Hall–Kier alpha value is -2.08. The topological polar surface area (TPSA) is 50.5 Å². The van der Waals surface area contributed by atoms with Gasteiger partial charge in [0.15, 0.2) is 0 Å². The summed E-state index contributed by atoms with van der Waals surface area (Å²) in [5, 5.41) is 4.28. The van der Waals surface area contributed by atoms with E-state index < -0.39 is 0 Å². The minimum absolute atomic E-state index is 0.0580. The maximum absolute atomic E-state index is 11.1. The maximum Gasteiger partial charge on any atom is 0.209 e. The van der Waals surface area contributed by atoms with Crippen LogP contribution in [0.1, 0.15) is 57.9 Å². The third-order valence-electron chi connectivity index (χ3n) is 7.23. The van der Waals surface area contributed by atoms with E-state index in [0.29, 0.717) is 11.8 Å². The first-order valence-corrected chi connectivity index (χ1v) is 12.2. The maximum atomic E-state index is 11.1. The highest BCUT2D eigenvalue weighted by Crippen LogP contribution is 2.69. The van der Waals surface area contributed by atoms with Crippen LogP contribution in [-0.4, -0.2) is 39.9 Å². The molecule has 0 N–H and O–H groups in total. The fraction of sp³-hybridized carbons (Fsp3) is 0.560. The number of aromatic nitrogens is 2. The summed E-state index contributed by atoms with van der Waals surface area (Å²) >= 11 is 1.75. The Morgan fingerprint density at radius 3 is 2.65 bits per heavy atom. The summed E-state index contributed by atoms with van der Waals surface area (Å²) in [5.74, 6) is 1.28. The van der Waals surface area contributed by atoms with Crippen molar-refractivity contribution in [1.29, 1.82) is 0 Å². The third kappa shape index (κ3) is 3.84. The largest absolute Gasteiger partial charge is 0.345 e. The van der Waals surface area contributed by atoms with Crippen molar-refractivity contribution in [3.05, 3.63) is 36.2 Å². The van der Waals surface area contributed by atoms with E-state index >= 15 is 0 Å². The normalized spacial score (nSPS) is 25.6. The standard InChI is InChI=1S/C25H32N4OS/c1-24(2,3)23-25(12-17-7-9-29(16-30)10-8-17)13-21(25)20-6-5-18(11-22(20)27-23)31-19-14-26-28(4)15-19/h5-6,11,14-17,21H,7-10,12-13H2,1-4H3. The number of aliphatic imine (C=N–C) groups is 1. The molecule has 0 bridgehead atoms. The van der Waals surface area contributed by atoms with Crippen molar-refractivity contribution in [3.8, 4) is 0 Å². The Morgan fingerprint density at radius 1 is 1.23 bits per heavy atom. The van der Waals surface area contributed by atoms with Gasteiger partial charge in [-0.2, -0.15) is 5.10 Å². The highest BCUT2D eigenvalue weighted by molar-refractivity contribution is 7.99. The number of rotatable bonds is 5. The molecule has 1 saturated heterocycles. The summed E-state index contributed by atoms with van der Waals surface area (Å²) in [6.07, 6.45) is 9.65. The van der Waals surface area contributed by atoms with Crippen LogP contribution in [0.5, 0.6) is 0 Å². The molecular formula is C25H32N4OS. The zero-order valence-electron chi connectivity index (χ0n) is 19.0. The molecule has 31 heavy (non-hydrogen) atoms. The second kappa shape index (κ2) is 7.51. The first kappa shape index (κ1) is 20.8. The molecule has 6 heteroatoms. The summed E-state index contributed by atoms with van der Waals surface area (Å²) in [5.41, 5.74) is 4.25. The number of fused-ring (bicyclic) bond motifs is 3. The van der Waals surface area contributed by atoms with Gasteiger partial charge in [-0.15, -0.1) is 0 Å². The van der Waals surface area contributed by atoms with Gasteiger partial charge >= 0.3 is 0 Å². The van der Waals surface area contributed by atoms with E-state index in [0.717, 1.165) is 42.9 Å². The lowest BCUT2D eigenvalue weighted by molar-refractivity contribution is -0.119. The van der Waals surface area contributed by atoms with E-state index in [9.17, 15) is 4.79 Å². The second-order valence-electron chi connectivity index (χ2n) is 10.6. The number of hydrogen-bond donors (Lipinski definition) is 0. The van der Waals surface area contributed by atoms with Crippen LogP contribution in [0.15, 0.2) is 45.4 Å². The van der Waals surface area contributed by atoms with Gasteiger partial charge < -0.3 is 4.90 Å². The first-order chi connectivity index (χ1) is 14.8. The highest BCUT2D eigenvalue weighted by atomic mass is 32.2. The fourth-order valence-electron chi connectivity index (χ4n) is 5.79. The number of piperidine rings is 1. The first-order valence-electron chi connectivity index (χ1n) is 11.4. The van der Waals surface area contributed by atoms with Gasteiger partial charge in [0.1, 0.15) is 0 Å². The zero-order valence-corrected chi connectivity index (χ0v) is 19.8. The van der Waals surface area contributed by atoms with Crippen molar-refractivity contribution >= 4 is 29.6 Å². The molecule has 2 fully saturated rings. The van der Waals surface area contributed by atoms with Crippen LogP contribution in [0.3, 0.4) is 0 Å². The molecule has 3 heterocycles. The quantitative estimate of drug-likeness (QED) is 0.587. The van der Waals surface area contributed by atoms with Crippen molar-refractivity contribution in [2.45, 2.75) is 62.2 Å². The predicted octanol–water partition coefficient (Wildman–Crippen LogP) is 5.44. The van der Waals surface area contributed by atoms with Gasteiger partial charge in [-0.3, -0.25) is 14.5 Å². The van der Waals surface area contributed by atoms with Crippen molar-refractivity contribution in [2.75, 3.05) is 13.1 Å². The van der Waals surface area contributed by atoms with Gasteiger partial charge in [0, 0.05) is 47.8 Å². The molecule has 0 spiro atoms. The molecule has 2 unspecified atom stereocenters.